The number of fused-ring (bicyclic) bond motifs is 4. The molecular formula is C30H22FN7O. The Morgan fingerprint density at radius 2 is 1.87 bits per heavy atom. The smallest absolute Gasteiger partial charge is 0.250 e. The number of nitrogens with one attached hydrogen (secondary N) is 3. The largest absolute Gasteiger partial charge is 0.379 e. The van der Waals surface area contributed by atoms with E-state index >= 15 is 0 Å². The number of para-hydroxylation sites is 1. The number of primary amides is 1. The van der Waals surface area contributed by atoms with Gasteiger partial charge in [-0.05, 0) is 48.5 Å². The van der Waals surface area contributed by atoms with Gasteiger partial charge >= 0.3 is 0 Å². The molecule has 7 rings (SSSR count). The lowest BCUT2D eigenvalue weighted by atomic mass is 10.1. The topological polar surface area (TPSA) is 117 Å². The van der Waals surface area contributed by atoms with Gasteiger partial charge in [-0.3, -0.25) is 4.79 Å². The molecule has 0 aliphatic carbocycles. The fraction of sp³-hybridized carbons (Fsp3) is 0.0333. The monoisotopic (exact) mass is 515 g/mol. The SMILES string of the molecule is NC(=O)c1ccc(-n2c3ccccc3c3c(-c4nc5ccc(F)cc5[nH]4)cccc32)cc1NCc1c[nH]cn1. The standard InChI is InChI=1S/C30H22FN7O/c31-17-8-11-23-25(12-17)37-30(36-23)22-5-3-7-27-28(22)21-4-1-2-6-26(21)38(27)19-9-10-20(29(32)39)24(13-19)34-15-18-14-33-16-35-18/h1-14,16,34H,15H2,(H2,32,39)(H,33,35)(H,36,37). The molecule has 0 unspecified atom stereocenters. The van der Waals surface area contributed by atoms with Crippen LogP contribution in [0.3, 0.4) is 0 Å². The van der Waals surface area contributed by atoms with Gasteiger partial charge in [-0.15, -0.1) is 0 Å². The van der Waals surface area contributed by atoms with E-state index in [2.05, 4.69) is 43.0 Å². The minimum atomic E-state index is -0.517. The minimum Gasteiger partial charge on any atom is -0.379 e. The summed E-state index contributed by atoms with van der Waals surface area (Å²) in [6.45, 7) is 0.428. The zero-order valence-electron chi connectivity index (χ0n) is 20.6. The van der Waals surface area contributed by atoms with E-state index in [1.54, 1.807) is 24.7 Å². The molecule has 3 heterocycles. The highest BCUT2D eigenvalue weighted by Crippen LogP contribution is 2.38. The van der Waals surface area contributed by atoms with E-state index in [1.165, 1.54) is 12.1 Å². The predicted octanol–water partition coefficient (Wildman–Crippen LogP) is 5.90. The first-order valence-electron chi connectivity index (χ1n) is 12.4. The summed E-state index contributed by atoms with van der Waals surface area (Å²) in [5, 5.41) is 5.36. The Bertz CT molecular complexity index is 2020. The second-order valence-electron chi connectivity index (χ2n) is 9.31. The minimum absolute atomic E-state index is 0.316. The molecule has 0 fully saturated rings. The summed E-state index contributed by atoms with van der Waals surface area (Å²) in [4.78, 5) is 27.4. The molecule has 39 heavy (non-hydrogen) atoms. The summed E-state index contributed by atoms with van der Waals surface area (Å²) >= 11 is 0. The van der Waals surface area contributed by atoms with Gasteiger partial charge < -0.3 is 25.6 Å². The van der Waals surface area contributed by atoms with Crippen LogP contribution in [0.2, 0.25) is 0 Å². The first-order chi connectivity index (χ1) is 19.1. The van der Waals surface area contributed by atoms with Gasteiger partial charge in [0.1, 0.15) is 11.6 Å². The van der Waals surface area contributed by atoms with Crippen molar-refractivity contribution in [3.05, 3.63) is 108 Å². The van der Waals surface area contributed by atoms with Crippen LogP contribution in [-0.4, -0.2) is 30.4 Å². The number of aromatic nitrogens is 5. The number of aromatic amines is 2. The maximum Gasteiger partial charge on any atom is 0.250 e. The van der Waals surface area contributed by atoms with Crippen molar-refractivity contribution in [1.29, 1.82) is 0 Å². The first kappa shape index (κ1) is 22.7. The summed E-state index contributed by atoms with van der Waals surface area (Å²) < 4.78 is 16.0. The van der Waals surface area contributed by atoms with Crippen LogP contribution in [0, 0.1) is 5.82 Å². The van der Waals surface area contributed by atoms with Crippen LogP contribution in [0.5, 0.6) is 0 Å². The Kier molecular flexibility index (Phi) is 5.15. The Labute approximate surface area is 221 Å². The van der Waals surface area contributed by atoms with E-state index in [0.29, 0.717) is 34.7 Å². The zero-order chi connectivity index (χ0) is 26.5. The molecule has 1 amide bonds. The number of H-pyrrole nitrogens is 2. The molecule has 0 saturated carbocycles. The summed E-state index contributed by atoms with van der Waals surface area (Å²) in [5.41, 5.74) is 12.6. The summed E-state index contributed by atoms with van der Waals surface area (Å²) in [7, 11) is 0. The van der Waals surface area contributed by atoms with Crippen LogP contribution < -0.4 is 11.1 Å². The lowest BCUT2D eigenvalue weighted by molar-refractivity contribution is 0.100. The molecule has 0 saturated heterocycles. The first-order valence-corrected chi connectivity index (χ1v) is 12.4. The summed E-state index contributed by atoms with van der Waals surface area (Å²) in [5.74, 6) is -0.171. The highest BCUT2D eigenvalue weighted by atomic mass is 19.1. The number of benzene rings is 4. The number of nitrogens with two attached hydrogens (primary N) is 1. The number of nitrogens with zero attached hydrogens (tertiary/aromatic N) is 3. The quantitative estimate of drug-likeness (QED) is 0.221. The van der Waals surface area contributed by atoms with E-state index in [0.717, 1.165) is 38.8 Å². The van der Waals surface area contributed by atoms with Crippen LogP contribution >= 0.6 is 0 Å². The maximum atomic E-state index is 13.9. The van der Waals surface area contributed by atoms with Gasteiger partial charge in [0, 0.05) is 33.9 Å². The fourth-order valence-electron chi connectivity index (χ4n) is 5.21. The van der Waals surface area contributed by atoms with Crippen molar-refractivity contribution in [2.75, 3.05) is 5.32 Å². The van der Waals surface area contributed by atoms with Crippen LogP contribution in [0.25, 0.3) is 49.9 Å². The van der Waals surface area contributed by atoms with Crippen molar-refractivity contribution in [2.24, 2.45) is 5.73 Å². The number of halogens is 1. The molecule has 7 aromatic rings. The van der Waals surface area contributed by atoms with E-state index in [-0.39, 0.29) is 5.82 Å². The molecule has 0 spiro atoms. The van der Waals surface area contributed by atoms with Crippen LogP contribution in [-0.2, 0) is 6.54 Å². The number of amides is 1. The molecule has 0 radical (unpaired) electrons. The maximum absolute atomic E-state index is 13.9. The molecule has 0 atom stereocenters. The number of imidazole rings is 2. The second-order valence-corrected chi connectivity index (χ2v) is 9.31. The molecule has 4 aromatic carbocycles. The number of anilines is 1. The third-order valence-electron chi connectivity index (χ3n) is 6.94. The zero-order valence-corrected chi connectivity index (χ0v) is 20.6. The van der Waals surface area contributed by atoms with Crippen LogP contribution in [0.4, 0.5) is 10.1 Å². The van der Waals surface area contributed by atoms with Gasteiger partial charge in [0.05, 0.1) is 46.2 Å². The fourth-order valence-corrected chi connectivity index (χ4v) is 5.21. The van der Waals surface area contributed by atoms with E-state index in [4.69, 9.17) is 10.7 Å². The highest BCUT2D eigenvalue weighted by molar-refractivity contribution is 6.15. The van der Waals surface area contributed by atoms with Crippen molar-refractivity contribution < 1.29 is 9.18 Å². The second kappa shape index (κ2) is 8.84. The molecule has 0 aliphatic rings. The van der Waals surface area contributed by atoms with Crippen molar-refractivity contribution >= 4 is 44.4 Å². The van der Waals surface area contributed by atoms with E-state index in [9.17, 15) is 9.18 Å². The normalized spacial score (nSPS) is 11.5. The lowest BCUT2D eigenvalue weighted by Crippen LogP contribution is -2.15. The Morgan fingerprint density at radius 1 is 1.00 bits per heavy atom. The van der Waals surface area contributed by atoms with Gasteiger partial charge in [0.25, 0.3) is 5.91 Å². The third-order valence-corrected chi connectivity index (χ3v) is 6.94. The molecule has 9 heteroatoms. The highest BCUT2D eigenvalue weighted by Gasteiger charge is 2.19. The number of hydrogen-bond acceptors (Lipinski definition) is 4. The van der Waals surface area contributed by atoms with E-state index < -0.39 is 5.91 Å². The van der Waals surface area contributed by atoms with Crippen molar-refractivity contribution in [1.82, 2.24) is 24.5 Å². The predicted molar refractivity (Wildman–Crippen MR) is 150 cm³/mol. The number of carbonyl (C=O) groups excluding carboxylic acids is 1. The Morgan fingerprint density at radius 3 is 2.72 bits per heavy atom. The Balaban J connectivity index is 1.43. The van der Waals surface area contributed by atoms with Gasteiger partial charge in [-0.25, -0.2) is 14.4 Å². The van der Waals surface area contributed by atoms with Crippen LogP contribution in [0.1, 0.15) is 16.1 Å². The van der Waals surface area contributed by atoms with Gasteiger partial charge in [0.2, 0.25) is 0 Å². The molecular weight excluding hydrogens is 493 g/mol. The molecule has 5 N–H and O–H groups in total. The summed E-state index contributed by atoms with van der Waals surface area (Å²) in [6, 6.07) is 24.3. The molecule has 8 nitrogen and oxygen atoms in total. The number of carbonyl (C=O) groups is 1. The average Bonchev–Trinajstić information content (AvgIpc) is 3.68. The van der Waals surface area contributed by atoms with Crippen molar-refractivity contribution in [3.63, 3.8) is 0 Å². The lowest BCUT2D eigenvalue weighted by Gasteiger charge is -2.14. The number of rotatable bonds is 6. The van der Waals surface area contributed by atoms with Gasteiger partial charge in [-0.2, -0.15) is 0 Å². The van der Waals surface area contributed by atoms with Gasteiger partial charge in [-0.1, -0.05) is 30.3 Å². The average molecular weight is 516 g/mol. The van der Waals surface area contributed by atoms with Crippen molar-refractivity contribution in [3.8, 4) is 17.1 Å². The third kappa shape index (κ3) is 3.79. The number of hydrogen-bond donors (Lipinski definition) is 4. The van der Waals surface area contributed by atoms with Crippen molar-refractivity contribution in [2.45, 2.75) is 6.54 Å². The van der Waals surface area contributed by atoms with E-state index in [1.807, 2.05) is 36.4 Å². The molecule has 3 aromatic heterocycles. The van der Waals surface area contributed by atoms with Crippen LogP contribution in [0.15, 0.2) is 91.4 Å². The van der Waals surface area contributed by atoms with Gasteiger partial charge in [0.15, 0.2) is 0 Å². The molecule has 190 valence electrons. The summed E-state index contributed by atoms with van der Waals surface area (Å²) in [6.07, 6.45) is 3.40. The molecule has 0 aliphatic heterocycles. The molecule has 0 bridgehead atoms. The Hall–Kier alpha value is -5.44.